The molecule has 1 unspecified atom stereocenters. The predicted molar refractivity (Wildman–Crippen MR) is 80.6 cm³/mol. The van der Waals surface area contributed by atoms with E-state index < -0.39 is 13.9 Å². The molecule has 0 saturated heterocycles. The van der Waals surface area contributed by atoms with Crippen LogP contribution in [0.25, 0.3) is 0 Å². The molecule has 0 aromatic heterocycles. The molecule has 0 radical (unpaired) electrons. The van der Waals surface area contributed by atoms with Gasteiger partial charge in [-0.3, -0.25) is 4.52 Å². The van der Waals surface area contributed by atoms with Crippen LogP contribution in [-0.2, 0) is 13.8 Å². The van der Waals surface area contributed by atoms with Crippen LogP contribution in [-0.4, -0.2) is 29.1 Å². The van der Waals surface area contributed by atoms with Crippen molar-refractivity contribution in [1.29, 1.82) is 0 Å². The Balaban J connectivity index is 3.65. The maximum atomic E-state index is 10.9. The third-order valence-corrected chi connectivity index (χ3v) is 3.75. The quantitative estimate of drug-likeness (QED) is 0.374. The van der Waals surface area contributed by atoms with Gasteiger partial charge in [-0.05, 0) is 13.3 Å². The van der Waals surface area contributed by atoms with Gasteiger partial charge in [0, 0.05) is 6.61 Å². The average molecular weight is 310 g/mol. The summed E-state index contributed by atoms with van der Waals surface area (Å²) >= 11 is 0. The largest absolute Gasteiger partial charge is 0.469 e. The summed E-state index contributed by atoms with van der Waals surface area (Å²) in [5.74, 6) is 0. The Morgan fingerprint density at radius 1 is 0.950 bits per heavy atom. The van der Waals surface area contributed by atoms with Crippen molar-refractivity contribution in [2.75, 3.05) is 13.2 Å². The van der Waals surface area contributed by atoms with Gasteiger partial charge in [-0.2, -0.15) is 0 Å². The van der Waals surface area contributed by atoms with E-state index >= 15 is 0 Å². The van der Waals surface area contributed by atoms with E-state index in [1.54, 1.807) is 0 Å². The molecule has 0 amide bonds. The first-order valence-electron chi connectivity index (χ1n) is 7.81. The molecule has 0 aliphatic heterocycles. The van der Waals surface area contributed by atoms with E-state index in [-0.39, 0.29) is 6.61 Å². The van der Waals surface area contributed by atoms with Gasteiger partial charge in [-0.25, -0.2) is 4.57 Å². The van der Waals surface area contributed by atoms with Gasteiger partial charge >= 0.3 is 7.82 Å². The van der Waals surface area contributed by atoms with Gasteiger partial charge in [0.2, 0.25) is 0 Å². The maximum absolute atomic E-state index is 10.9. The highest BCUT2D eigenvalue weighted by atomic mass is 31.2. The fourth-order valence-corrected chi connectivity index (χ4v) is 2.67. The Morgan fingerprint density at radius 3 is 2.00 bits per heavy atom. The van der Waals surface area contributed by atoms with Gasteiger partial charge in [-0.1, -0.05) is 58.3 Å². The van der Waals surface area contributed by atoms with E-state index in [0.717, 1.165) is 12.8 Å². The Hall–Kier alpha value is 0.0700. The first-order chi connectivity index (χ1) is 9.49. The number of hydrogen-bond donors (Lipinski definition) is 2. The molecule has 122 valence electrons. The van der Waals surface area contributed by atoms with Crippen molar-refractivity contribution in [1.82, 2.24) is 0 Å². The molecule has 1 atom stereocenters. The second kappa shape index (κ2) is 12.8. The van der Waals surface area contributed by atoms with Crippen LogP contribution in [0.5, 0.6) is 0 Å². The zero-order valence-corrected chi connectivity index (χ0v) is 13.8. The van der Waals surface area contributed by atoms with Crippen LogP contribution < -0.4 is 0 Å². The molecule has 0 bridgehead atoms. The molecule has 0 aromatic rings. The van der Waals surface area contributed by atoms with Crippen molar-refractivity contribution in [3.05, 3.63) is 0 Å². The third-order valence-electron chi connectivity index (χ3n) is 3.17. The Labute approximate surface area is 123 Å². The van der Waals surface area contributed by atoms with Crippen molar-refractivity contribution < 1.29 is 23.6 Å². The molecule has 20 heavy (non-hydrogen) atoms. The Morgan fingerprint density at radius 2 is 1.50 bits per heavy atom. The Kier molecular flexibility index (Phi) is 12.8. The van der Waals surface area contributed by atoms with Crippen LogP contribution in [0, 0.1) is 0 Å². The minimum absolute atomic E-state index is 0.248. The number of hydrogen-bond acceptors (Lipinski definition) is 3. The summed E-state index contributed by atoms with van der Waals surface area (Å²) < 4.78 is 20.8. The van der Waals surface area contributed by atoms with E-state index in [1.165, 1.54) is 38.5 Å². The van der Waals surface area contributed by atoms with E-state index in [4.69, 9.17) is 19.0 Å². The lowest BCUT2D eigenvalue weighted by Crippen LogP contribution is -2.18. The number of phosphoric ester groups is 1. The zero-order valence-electron chi connectivity index (χ0n) is 12.9. The monoisotopic (exact) mass is 310 g/mol. The minimum Gasteiger partial charge on any atom is -0.379 e. The molecule has 0 spiro atoms. The molecular formula is C14H31O5P. The van der Waals surface area contributed by atoms with Crippen LogP contribution in [0.3, 0.4) is 0 Å². The first-order valence-corrected chi connectivity index (χ1v) is 9.34. The number of unbranched alkanes of at least 4 members (excludes halogenated alkanes) is 7. The molecule has 0 aliphatic rings. The predicted octanol–water partition coefficient (Wildman–Crippen LogP) is 4.03. The summed E-state index contributed by atoms with van der Waals surface area (Å²) in [6.07, 6.45) is 9.74. The summed E-state index contributed by atoms with van der Waals surface area (Å²) in [4.78, 5) is 17.7. The first kappa shape index (κ1) is 20.1. The maximum Gasteiger partial charge on any atom is 0.469 e. The summed E-state index contributed by atoms with van der Waals surface area (Å²) in [5, 5.41) is 0. The van der Waals surface area contributed by atoms with Crippen molar-refractivity contribution in [2.24, 2.45) is 0 Å². The lowest BCUT2D eigenvalue weighted by Gasteiger charge is -2.17. The van der Waals surface area contributed by atoms with E-state index in [0.29, 0.717) is 13.0 Å². The lowest BCUT2D eigenvalue weighted by molar-refractivity contribution is 0.0329. The summed E-state index contributed by atoms with van der Waals surface area (Å²) in [5.41, 5.74) is 0. The van der Waals surface area contributed by atoms with Crippen molar-refractivity contribution in [2.45, 2.75) is 77.7 Å². The minimum atomic E-state index is -4.42. The van der Waals surface area contributed by atoms with Crippen LogP contribution in [0.2, 0.25) is 0 Å². The fourth-order valence-electron chi connectivity index (χ4n) is 2.12. The molecule has 0 fully saturated rings. The second-order valence-electron chi connectivity index (χ2n) is 5.14. The molecule has 6 heteroatoms. The van der Waals surface area contributed by atoms with E-state index in [2.05, 4.69) is 6.92 Å². The highest BCUT2D eigenvalue weighted by molar-refractivity contribution is 7.46. The van der Waals surface area contributed by atoms with Gasteiger partial charge in [0.25, 0.3) is 0 Å². The molecule has 0 aromatic carbocycles. The molecular weight excluding hydrogens is 279 g/mol. The van der Waals surface area contributed by atoms with Gasteiger partial charge in [0.05, 0.1) is 12.7 Å². The normalized spacial score (nSPS) is 13.6. The smallest absolute Gasteiger partial charge is 0.379 e. The lowest BCUT2D eigenvalue weighted by atomic mass is 10.1. The summed E-state index contributed by atoms with van der Waals surface area (Å²) in [6, 6.07) is 0. The van der Waals surface area contributed by atoms with Crippen LogP contribution in [0.1, 0.15) is 71.6 Å². The fraction of sp³-hybridized carbons (Fsp3) is 1.00. The molecule has 0 saturated carbocycles. The highest BCUT2D eigenvalue weighted by Gasteiger charge is 2.21. The average Bonchev–Trinajstić information content (AvgIpc) is 2.37. The molecule has 0 heterocycles. The summed E-state index contributed by atoms with van der Waals surface area (Å²) in [7, 11) is -4.42. The van der Waals surface area contributed by atoms with Crippen molar-refractivity contribution in [3.8, 4) is 0 Å². The molecule has 5 nitrogen and oxygen atoms in total. The molecule has 0 aliphatic carbocycles. The molecule has 2 N–H and O–H groups in total. The standard InChI is InChI=1S/C14H31O5P/c1-3-5-6-7-8-9-10-11-12-14(13-18-4-2)19-20(15,16)17/h14H,3-13H2,1-2H3,(H2,15,16,17). The third kappa shape index (κ3) is 14.5. The van der Waals surface area contributed by atoms with Gasteiger partial charge in [0.15, 0.2) is 0 Å². The number of ether oxygens (including phenoxy) is 1. The second-order valence-corrected chi connectivity index (χ2v) is 6.33. The van der Waals surface area contributed by atoms with Crippen molar-refractivity contribution in [3.63, 3.8) is 0 Å². The zero-order chi connectivity index (χ0) is 15.3. The number of phosphoric acid groups is 1. The van der Waals surface area contributed by atoms with Gasteiger partial charge in [0.1, 0.15) is 0 Å². The van der Waals surface area contributed by atoms with Crippen LogP contribution >= 0.6 is 7.82 Å². The van der Waals surface area contributed by atoms with Crippen molar-refractivity contribution >= 4 is 7.82 Å². The van der Waals surface area contributed by atoms with Crippen LogP contribution in [0.15, 0.2) is 0 Å². The number of rotatable bonds is 14. The SMILES string of the molecule is CCCCCCCCCCC(COCC)OP(=O)(O)O. The highest BCUT2D eigenvalue weighted by Crippen LogP contribution is 2.38. The van der Waals surface area contributed by atoms with E-state index in [1.807, 2.05) is 6.92 Å². The topological polar surface area (TPSA) is 76.0 Å². The summed E-state index contributed by atoms with van der Waals surface area (Å²) in [6.45, 7) is 4.83. The van der Waals surface area contributed by atoms with Crippen LogP contribution in [0.4, 0.5) is 0 Å². The van der Waals surface area contributed by atoms with Gasteiger partial charge < -0.3 is 14.5 Å². The van der Waals surface area contributed by atoms with Gasteiger partial charge in [-0.15, -0.1) is 0 Å². The Bertz CT molecular complexity index is 254. The van der Waals surface area contributed by atoms with E-state index in [9.17, 15) is 4.57 Å². The molecule has 0 rings (SSSR count).